The van der Waals surface area contributed by atoms with Gasteiger partial charge in [-0.1, -0.05) is 51.4 Å². The molecular formula is C32H57CoN8O3S-. The predicted molar refractivity (Wildman–Crippen MR) is 169 cm³/mol. The molecule has 5 saturated heterocycles. The average molecular weight is 693 g/mol. The molecule has 8 unspecified atom stereocenters. The molecule has 0 aromatic heterocycles. The van der Waals surface area contributed by atoms with E-state index in [1.807, 2.05) is 0 Å². The molecule has 5 heterocycles. The molecule has 9 rings (SSSR count). The second-order valence-electron chi connectivity index (χ2n) is 15.8. The smallest absolute Gasteiger partial charge is 0.0628 e. The van der Waals surface area contributed by atoms with Gasteiger partial charge in [-0.05, 0) is 98.7 Å². The van der Waals surface area contributed by atoms with Crippen molar-refractivity contribution in [1.82, 2.24) is 42.5 Å². The van der Waals surface area contributed by atoms with E-state index >= 15 is 0 Å². The largest absolute Gasteiger partial charge is 0.439 e. The topological polar surface area (TPSA) is 151 Å². The number of hydrogen-bond acceptors (Lipinski definition) is 11. The second-order valence-corrected chi connectivity index (χ2v) is 16.3. The Kier molecular flexibility index (Phi) is 10.8. The summed E-state index contributed by atoms with van der Waals surface area (Å²) in [5.41, 5.74) is 0. The molecule has 4 aliphatic carbocycles. The van der Waals surface area contributed by atoms with Gasteiger partial charge in [0.25, 0.3) is 0 Å². The summed E-state index contributed by atoms with van der Waals surface area (Å²) in [7, 11) is -2.86. The summed E-state index contributed by atoms with van der Waals surface area (Å²) < 4.78 is 24.1. The maximum atomic E-state index is 8.56. The zero-order chi connectivity index (χ0) is 29.8. The minimum Gasteiger partial charge on any atom is -0.439 e. The molecule has 13 heteroatoms. The van der Waals surface area contributed by atoms with Gasteiger partial charge in [-0.2, -0.15) is 0 Å². The third-order valence-corrected chi connectivity index (χ3v) is 13.8. The van der Waals surface area contributed by atoms with E-state index in [4.69, 9.17) is 13.0 Å². The third-order valence-electron chi connectivity index (χ3n) is 13.8. The van der Waals surface area contributed by atoms with Crippen molar-refractivity contribution in [3.63, 3.8) is 0 Å². The van der Waals surface area contributed by atoms with E-state index in [0.717, 1.165) is 47.3 Å². The first-order valence-electron chi connectivity index (χ1n) is 18.4. The van der Waals surface area contributed by atoms with Crippen molar-refractivity contribution in [3.05, 3.63) is 0 Å². The van der Waals surface area contributed by atoms with Crippen LogP contribution in [0.1, 0.15) is 103 Å². The first-order chi connectivity index (χ1) is 21.5. The Labute approximate surface area is 281 Å². The minimum absolute atomic E-state index is 0. The molecule has 11 nitrogen and oxygen atoms in total. The normalized spacial score (nSPS) is 52.0. The Bertz CT molecular complexity index is 875. The van der Waals surface area contributed by atoms with Crippen LogP contribution in [0.2, 0.25) is 0 Å². The van der Waals surface area contributed by atoms with E-state index in [9.17, 15) is 0 Å². The van der Waals surface area contributed by atoms with Crippen LogP contribution in [0.25, 0.3) is 0 Å². The average Bonchev–Trinajstić information content (AvgIpc) is 3.76. The van der Waals surface area contributed by atoms with E-state index in [1.165, 1.54) is 103 Å². The van der Waals surface area contributed by atoms with Crippen molar-refractivity contribution in [3.8, 4) is 0 Å². The molecule has 0 amide bonds. The number of fused-ring (bicyclic) bond motifs is 20. The fraction of sp³-hybridized carbons (Fsp3) is 1.00. The summed E-state index contributed by atoms with van der Waals surface area (Å²) in [6.07, 6.45) is 25.6. The van der Waals surface area contributed by atoms with Crippen LogP contribution in [0.15, 0.2) is 0 Å². The van der Waals surface area contributed by atoms with Gasteiger partial charge in [-0.25, -0.2) is 0 Å². The van der Waals surface area contributed by atoms with Crippen LogP contribution in [0, 0.1) is 47.3 Å². The second kappa shape index (κ2) is 14.5. The van der Waals surface area contributed by atoms with Crippen LogP contribution in [0.5, 0.6) is 0 Å². The zero-order valence-electron chi connectivity index (χ0n) is 26.6. The number of nitrogens with one attached hydrogen (secondary N) is 8. The molecule has 0 aromatic rings. The van der Waals surface area contributed by atoms with Crippen molar-refractivity contribution in [2.24, 2.45) is 47.3 Å². The van der Waals surface area contributed by atoms with E-state index in [2.05, 4.69) is 42.5 Å². The molecule has 0 spiro atoms. The van der Waals surface area contributed by atoms with Gasteiger partial charge in [0.15, 0.2) is 0 Å². The molecule has 5 aliphatic heterocycles. The van der Waals surface area contributed by atoms with Crippen molar-refractivity contribution in [2.75, 3.05) is 0 Å². The molecule has 9 fully saturated rings. The molecule has 45 heavy (non-hydrogen) atoms. The monoisotopic (exact) mass is 692 g/mol. The van der Waals surface area contributed by atoms with Gasteiger partial charge in [-0.3, -0.25) is 42.5 Å². The summed E-state index contributed by atoms with van der Waals surface area (Å²) in [6.45, 7) is 0. The van der Waals surface area contributed by atoms with Gasteiger partial charge >= 0.3 is 0 Å². The first kappa shape index (κ1) is 33.6. The molecule has 1 radical (unpaired) electrons. The van der Waals surface area contributed by atoms with Crippen molar-refractivity contribution >= 4 is 11.0 Å². The summed E-state index contributed by atoms with van der Waals surface area (Å²) >= 11 is 0. The molecule has 9 aliphatic rings. The summed E-state index contributed by atoms with van der Waals surface area (Å²) in [5, 5.41) is 33.8. The Balaban J connectivity index is 0.000000617. The van der Waals surface area contributed by atoms with Gasteiger partial charge < -0.3 is 13.0 Å². The molecule has 8 atom stereocenters. The molecular weight excluding hydrogens is 635 g/mol. The van der Waals surface area contributed by atoms with Gasteiger partial charge in [0.2, 0.25) is 0 Å². The Morgan fingerprint density at radius 2 is 0.444 bits per heavy atom. The predicted octanol–water partition coefficient (Wildman–Crippen LogP) is 2.37. The summed E-state index contributed by atoms with van der Waals surface area (Å²) in [5.74, 6) is 5.97. The number of hydrogen-bond donors (Lipinski definition) is 9. The van der Waals surface area contributed by atoms with Crippen LogP contribution >= 0.6 is 0 Å². The molecule has 0 aromatic carbocycles. The van der Waals surface area contributed by atoms with Crippen molar-refractivity contribution in [1.29, 1.82) is 0 Å². The van der Waals surface area contributed by atoms with Crippen LogP contribution < -0.4 is 42.5 Å². The Morgan fingerprint density at radius 1 is 0.333 bits per heavy atom. The molecule has 8 bridgehead atoms. The zero-order valence-corrected chi connectivity index (χ0v) is 28.4. The van der Waals surface area contributed by atoms with Crippen LogP contribution in [-0.2, 0) is 36.2 Å². The molecule has 9 N–H and O–H groups in total. The molecule has 4 saturated carbocycles. The fourth-order valence-corrected chi connectivity index (χ4v) is 12.0. The van der Waals surface area contributed by atoms with E-state index in [0.29, 0.717) is 49.3 Å². The maximum Gasteiger partial charge on any atom is 0.0628 e. The van der Waals surface area contributed by atoms with Crippen molar-refractivity contribution < 1.29 is 29.7 Å². The van der Waals surface area contributed by atoms with Gasteiger partial charge in [0.05, 0.1) is 49.3 Å². The SMILES string of the molecule is C1CCC2C3NC(NC4NC(NC5NC(NC6NC(N3)C3CCCCC63)C3CCCCC53)C3CCCCC43)C2C1.O=[S-](=O)O.[Co]. The van der Waals surface area contributed by atoms with Gasteiger partial charge in [0, 0.05) is 27.8 Å². The standard InChI is InChI=1S/C32H56N8.Co.HO3S/c1-2-10-18-17(9-1)25-33-26(18)38-28-21-13-5-6-14-22(21)30(35-28)40-32-24-16-8-7-15-23(24)31(36-32)39-29-20-12-4-3-11-19(20)27(34-29)37-25;;1-4(2)3/h17-40H,1-16H2;;(H,1,2,3)/q;;-1. The van der Waals surface area contributed by atoms with E-state index < -0.39 is 11.0 Å². The van der Waals surface area contributed by atoms with Crippen LogP contribution in [0.3, 0.4) is 0 Å². The molecule has 259 valence electrons. The minimum atomic E-state index is -2.86. The van der Waals surface area contributed by atoms with Crippen LogP contribution in [0.4, 0.5) is 0 Å². The van der Waals surface area contributed by atoms with Crippen molar-refractivity contribution in [2.45, 2.75) is 152 Å². The Morgan fingerprint density at radius 3 is 0.556 bits per heavy atom. The fourth-order valence-electron chi connectivity index (χ4n) is 12.0. The summed E-state index contributed by atoms with van der Waals surface area (Å²) in [4.78, 5) is 0. The summed E-state index contributed by atoms with van der Waals surface area (Å²) in [6, 6.07) is 0. The Hall–Kier alpha value is 0.0965. The third kappa shape index (κ3) is 6.69. The van der Waals surface area contributed by atoms with Crippen LogP contribution in [-0.4, -0.2) is 53.9 Å². The number of rotatable bonds is 0. The quantitative estimate of drug-likeness (QED) is 0.105. The van der Waals surface area contributed by atoms with E-state index in [1.54, 1.807) is 0 Å². The van der Waals surface area contributed by atoms with E-state index in [-0.39, 0.29) is 16.8 Å². The first-order valence-corrected chi connectivity index (χ1v) is 19.4. The maximum absolute atomic E-state index is 8.56. The van der Waals surface area contributed by atoms with Gasteiger partial charge in [0.1, 0.15) is 0 Å². The van der Waals surface area contributed by atoms with Gasteiger partial charge in [-0.15, -0.1) is 0 Å².